The van der Waals surface area contributed by atoms with Crippen LogP contribution in [0.15, 0.2) is 41.5 Å². The van der Waals surface area contributed by atoms with Gasteiger partial charge in [-0.05, 0) is 43.0 Å². The van der Waals surface area contributed by atoms with Crippen LogP contribution in [0.3, 0.4) is 0 Å². The Balaban J connectivity index is 1.25. The van der Waals surface area contributed by atoms with Crippen LogP contribution in [-0.4, -0.2) is 56.8 Å². The summed E-state index contributed by atoms with van der Waals surface area (Å²) in [6, 6.07) is 7.20. The van der Waals surface area contributed by atoms with E-state index in [4.69, 9.17) is 0 Å². The first-order chi connectivity index (χ1) is 15.0. The molecular formula is C22H27F3N6. The van der Waals surface area contributed by atoms with E-state index in [1.807, 2.05) is 4.90 Å². The summed E-state index contributed by atoms with van der Waals surface area (Å²) in [5, 5.41) is 6.77. The molecule has 0 bridgehead atoms. The second-order valence-electron chi connectivity index (χ2n) is 8.04. The third-order valence-electron chi connectivity index (χ3n) is 5.90. The van der Waals surface area contributed by atoms with Crippen molar-refractivity contribution in [3.05, 3.63) is 54.0 Å². The van der Waals surface area contributed by atoms with Crippen LogP contribution in [0, 0.1) is 23.4 Å². The van der Waals surface area contributed by atoms with E-state index >= 15 is 0 Å². The summed E-state index contributed by atoms with van der Waals surface area (Å²) in [4.78, 5) is 12.5. The lowest BCUT2D eigenvalue weighted by molar-refractivity contribution is 0.508. The Morgan fingerprint density at radius 2 is 1.90 bits per heavy atom. The van der Waals surface area contributed by atoms with E-state index in [0.717, 1.165) is 39.0 Å². The third kappa shape index (κ3) is 5.03. The van der Waals surface area contributed by atoms with Crippen LogP contribution in [0.5, 0.6) is 0 Å². The van der Waals surface area contributed by atoms with Gasteiger partial charge in [-0.3, -0.25) is 4.99 Å². The Labute approximate surface area is 180 Å². The zero-order chi connectivity index (χ0) is 21.8. The normalized spacial score (nSPS) is 21.6. The summed E-state index contributed by atoms with van der Waals surface area (Å²) in [7, 11) is 1.72. The summed E-state index contributed by atoms with van der Waals surface area (Å²) < 4.78 is 40.7. The van der Waals surface area contributed by atoms with Gasteiger partial charge in [0.2, 0.25) is 0 Å². The number of nitrogens with one attached hydrogen (secondary N) is 2. The molecule has 2 aliphatic heterocycles. The molecule has 9 heteroatoms. The van der Waals surface area contributed by atoms with Crippen molar-refractivity contribution in [2.75, 3.05) is 49.6 Å². The number of pyridine rings is 1. The predicted octanol–water partition coefficient (Wildman–Crippen LogP) is 2.77. The van der Waals surface area contributed by atoms with Crippen LogP contribution in [-0.2, 0) is 0 Å². The van der Waals surface area contributed by atoms with E-state index < -0.39 is 11.6 Å². The largest absolute Gasteiger partial charge is 0.371 e. The second-order valence-corrected chi connectivity index (χ2v) is 8.04. The fourth-order valence-electron chi connectivity index (χ4n) is 4.23. The number of hydrogen-bond donors (Lipinski definition) is 2. The lowest BCUT2D eigenvalue weighted by atomic mass is 10.1. The minimum Gasteiger partial charge on any atom is -0.371 e. The maximum absolute atomic E-state index is 14.0. The molecular weight excluding hydrogens is 405 g/mol. The molecule has 2 saturated heterocycles. The number of halogens is 3. The van der Waals surface area contributed by atoms with Gasteiger partial charge in [0.25, 0.3) is 0 Å². The van der Waals surface area contributed by atoms with Crippen LogP contribution in [0.2, 0.25) is 0 Å². The number of aliphatic imine (C=N–C) groups is 1. The molecule has 2 unspecified atom stereocenters. The fourth-order valence-corrected chi connectivity index (χ4v) is 4.23. The first-order valence-corrected chi connectivity index (χ1v) is 10.6. The van der Waals surface area contributed by atoms with E-state index in [0.29, 0.717) is 29.9 Å². The maximum Gasteiger partial charge on any atom is 0.191 e. The first-order valence-electron chi connectivity index (χ1n) is 10.6. The minimum absolute atomic E-state index is 0.148. The van der Waals surface area contributed by atoms with Gasteiger partial charge in [0.1, 0.15) is 0 Å². The van der Waals surface area contributed by atoms with Gasteiger partial charge in [0.15, 0.2) is 29.2 Å². The quantitative estimate of drug-likeness (QED) is 0.562. The Kier molecular flexibility index (Phi) is 6.48. The lowest BCUT2D eigenvalue weighted by Gasteiger charge is -2.21. The molecule has 2 aliphatic rings. The zero-order valence-electron chi connectivity index (χ0n) is 17.5. The lowest BCUT2D eigenvalue weighted by Crippen LogP contribution is -2.46. The Morgan fingerprint density at radius 1 is 1.06 bits per heavy atom. The molecule has 1 aromatic heterocycles. The molecule has 6 nitrogen and oxygen atoms in total. The van der Waals surface area contributed by atoms with Crippen molar-refractivity contribution in [1.82, 2.24) is 15.6 Å². The Morgan fingerprint density at radius 3 is 2.68 bits per heavy atom. The van der Waals surface area contributed by atoms with Crippen LogP contribution in [0.1, 0.15) is 12.8 Å². The van der Waals surface area contributed by atoms with E-state index in [1.54, 1.807) is 25.4 Å². The molecule has 2 atom stereocenters. The number of aromatic nitrogens is 1. The van der Waals surface area contributed by atoms with Gasteiger partial charge in [-0.2, -0.15) is 0 Å². The number of benzene rings is 1. The summed E-state index contributed by atoms with van der Waals surface area (Å²) in [5.74, 6) is -0.489. The van der Waals surface area contributed by atoms with Crippen LogP contribution in [0.25, 0.3) is 0 Å². The highest BCUT2D eigenvalue weighted by Crippen LogP contribution is 2.25. The van der Waals surface area contributed by atoms with Gasteiger partial charge in [-0.15, -0.1) is 0 Å². The van der Waals surface area contributed by atoms with Gasteiger partial charge < -0.3 is 20.4 Å². The number of guanidine groups is 1. The topological polar surface area (TPSA) is 55.8 Å². The molecule has 0 amide bonds. The molecule has 2 N–H and O–H groups in total. The smallest absolute Gasteiger partial charge is 0.191 e. The van der Waals surface area contributed by atoms with Gasteiger partial charge >= 0.3 is 0 Å². The summed E-state index contributed by atoms with van der Waals surface area (Å²) in [6.07, 6.45) is 3.42. The Hall–Kier alpha value is -2.97. The third-order valence-corrected chi connectivity index (χ3v) is 5.90. The van der Waals surface area contributed by atoms with Crippen molar-refractivity contribution in [3.8, 4) is 0 Å². The van der Waals surface area contributed by atoms with Gasteiger partial charge in [0, 0.05) is 63.8 Å². The highest BCUT2D eigenvalue weighted by Gasteiger charge is 2.27. The molecule has 4 rings (SSSR count). The molecule has 0 spiro atoms. The van der Waals surface area contributed by atoms with Gasteiger partial charge in [-0.1, -0.05) is 0 Å². The monoisotopic (exact) mass is 432 g/mol. The van der Waals surface area contributed by atoms with Gasteiger partial charge in [-0.25, -0.2) is 18.2 Å². The number of anilines is 2. The summed E-state index contributed by atoms with van der Waals surface area (Å²) in [6.45, 7) is 3.68. The number of nitrogens with zero attached hydrogens (tertiary/aromatic N) is 4. The van der Waals surface area contributed by atoms with Gasteiger partial charge in [0.05, 0.1) is 0 Å². The van der Waals surface area contributed by atoms with E-state index in [2.05, 4.69) is 25.5 Å². The molecule has 3 heterocycles. The van der Waals surface area contributed by atoms with Crippen LogP contribution in [0.4, 0.5) is 24.7 Å². The molecule has 1 aromatic carbocycles. The van der Waals surface area contributed by atoms with Crippen molar-refractivity contribution in [2.24, 2.45) is 10.9 Å². The van der Waals surface area contributed by atoms with Crippen LogP contribution < -0.4 is 20.4 Å². The van der Waals surface area contributed by atoms with Crippen molar-refractivity contribution >= 4 is 17.5 Å². The summed E-state index contributed by atoms with van der Waals surface area (Å²) in [5.41, 5.74) is 0.705. The Bertz CT molecular complexity index is 937. The zero-order valence-corrected chi connectivity index (χ0v) is 17.5. The van der Waals surface area contributed by atoms with Crippen molar-refractivity contribution in [2.45, 2.75) is 18.9 Å². The van der Waals surface area contributed by atoms with Crippen LogP contribution >= 0.6 is 0 Å². The minimum atomic E-state index is -0.827. The standard InChI is InChI=1S/C22H27F3N6/c1-26-22(29-16-7-10-31(14-16)21-19(24)3-2-8-27-21)28-12-15-6-9-30(13-15)17-4-5-18(23)20(25)11-17/h2-5,8,11,15-16H,6-7,9-10,12-14H2,1H3,(H2,26,28,29). The molecule has 0 radical (unpaired) electrons. The molecule has 166 valence electrons. The molecule has 0 saturated carbocycles. The van der Waals surface area contributed by atoms with Crippen molar-refractivity contribution in [3.63, 3.8) is 0 Å². The van der Waals surface area contributed by atoms with E-state index in [1.165, 1.54) is 18.2 Å². The van der Waals surface area contributed by atoms with E-state index in [9.17, 15) is 13.2 Å². The molecule has 2 fully saturated rings. The second kappa shape index (κ2) is 9.45. The average Bonchev–Trinajstić information content (AvgIpc) is 3.43. The number of rotatable bonds is 5. The fraction of sp³-hybridized carbons (Fsp3) is 0.455. The molecule has 31 heavy (non-hydrogen) atoms. The average molecular weight is 432 g/mol. The van der Waals surface area contributed by atoms with Crippen molar-refractivity contribution < 1.29 is 13.2 Å². The SMILES string of the molecule is CN=C(NCC1CCN(c2ccc(F)c(F)c2)C1)NC1CCN(c2ncccc2F)C1. The number of hydrogen-bond acceptors (Lipinski definition) is 4. The molecule has 2 aromatic rings. The maximum atomic E-state index is 14.0. The highest BCUT2D eigenvalue weighted by molar-refractivity contribution is 5.80. The summed E-state index contributed by atoms with van der Waals surface area (Å²) >= 11 is 0. The predicted molar refractivity (Wildman–Crippen MR) is 116 cm³/mol. The highest BCUT2D eigenvalue weighted by atomic mass is 19.2. The van der Waals surface area contributed by atoms with Crippen molar-refractivity contribution in [1.29, 1.82) is 0 Å². The molecule has 0 aliphatic carbocycles. The van der Waals surface area contributed by atoms with E-state index in [-0.39, 0.29) is 11.9 Å². The first kappa shape index (κ1) is 21.3.